The first kappa shape index (κ1) is 29.7. The van der Waals surface area contributed by atoms with Gasteiger partial charge in [-0.05, 0) is 48.5 Å². The average molecular weight is 595 g/mol. The molecule has 4 atom stereocenters. The third kappa shape index (κ3) is 7.16. The van der Waals surface area contributed by atoms with E-state index in [0.717, 1.165) is 0 Å². The minimum Gasteiger partial charge on any atom is -0.458 e. The first-order valence-corrected chi connectivity index (χ1v) is 13.6. The molecule has 0 bridgehead atoms. The summed E-state index contributed by atoms with van der Waals surface area (Å²) in [5.41, 5.74) is 0.680. The molecule has 0 radical (unpaired) electrons. The van der Waals surface area contributed by atoms with E-state index in [2.05, 4.69) is 0 Å². The summed E-state index contributed by atoms with van der Waals surface area (Å²) in [6, 6.07) is 31.9. The standard InChI is InChI=1S/C34H26O10/c35-30(22-13-5-1-6-14-22)40-21-26(41-31(36)23-15-7-2-8-16-23)27-28(43-32(37)24-17-9-3-10-18-24)29(34(39)42-27)44-33(38)25-19-11-4-12-20-25/h1-20,26-29H,21H2/t26-,27-,28+,29-/m0/s1. The zero-order valence-electron chi connectivity index (χ0n) is 23.1. The molecule has 1 aliphatic rings. The van der Waals surface area contributed by atoms with Crippen LogP contribution >= 0.6 is 0 Å². The number of carbonyl (C=O) groups is 5. The van der Waals surface area contributed by atoms with Crippen molar-refractivity contribution in [3.05, 3.63) is 144 Å². The van der Waals surface area contributed by atoms with Gasteiger partial charge in [-0.3, -0.25) is 0 Å². The lowest BCUT2D eigenvalue weighted by molar-refractivity contribution is -0.152. The molecule has 4 aromatic rings. The quantitative estimate of drug-likeness (QED) is 0.192. The fourth-order valence-electron chi connectivity index (χ4n) is 4.42. The Hall–Kier alpha value is -5.77. The summed E-state index contributed by atoms with van der Waals surface area (Å²) in [6.45, 7) is -0.580. The molecule has 0 spiro atoms. The van der Waals surface area contributed by atoms with Gasteiger partial charge in [0, 0.05) is 0 Å². The van der Waals surface area contributed by atoms with E-state index in [9.17, 15) is 24.0 Å². The summed E-state index contributed by atoms with van der Waals surface area (Å²) in [5, 5.41) is 0. The Kier molecular flexibility index (Phi) is 9.41. The van der Waals surface area contributed by atoms with Crippen LogP contribution in [-0.2, 0) is 28.5 Å². The van der Waals surface area contributed by atoms with Gasteiger partial charge in [0.1, 0.15) is 6.61 Å². The van der Waals surface area contributed by atoms with Crippen LogP contribution in [0, 0.1) is 0 Å². The second kappa shape index (κ2) is 13.9. The predicted octanol–water partition coefficient (Wildman–Crippen LogP) is 4.45. The van der Waals surface area contributed by atoms with Crippen LogP contribution in [-0.4, -0.2) is 60.9 Å². The number of hydrogen-bond acceptors (Lipinski definition) is 10. The smallest absolute Gasteiger partial charge is 0.352 e. The van der Waals surface area contributed by atoms with Crippen molar-refractivity contribution >= 4 is 29.8 Å². The van der Waals surface area contributed by atoms with Crippen molar-refractivity contribution in [2.45, 2.75) is 24.4 Å². The molecule has 1 heterocycles. The fraction of sp³-hybridized carbons (Fsp3) is 0.147. The second-order valence-electron chi connectivity index (χ2n) is 9.60. The zero-order valence-corrected chi connectivity index (χ0v) is 23.1. The minimum atomic E-state index is -1.72. The van der Waals surface area contributed by atoms with Crippen molar-refractivity contribution in [2.24, 2.45) is 0 Å². The van der Waals surface area contributed by atoms with Crippen molar-refractivity contribution < 1.29 is 47.7 Å². The first-order valence-electron chi connectivity index (χ1n) is 13.6. The average Bonchev–Trinajstić information content (AvgIpc) is 3.37. The highest BCUT2D eigenvalue weighted by molar-refractivity contribution is 5.93. The lowest BCUT2D eigenvalue weighted by Gasteiger charge is -2.27. The number of esters is 5. The summed E-state index contributed by atoms with van der Waals surface area (Å²) < 4.78 is 27.8. The molecule has 10 nitrogen and oxygen atoms in total. The normalized spacial score (nSPS) is 17.9. The van der Waals surface area contributed by atoms with E-state index >= 15 is 0 Å². The van der Waals surface area contributed by atoms with Crippen LogP contribution in [0.1, 0.15) is 41.4 Å². The van der Waals surface area contributed by atoms with Crippen molar-refractivity contribution in [1.29, 1.82) is 0 Å². The van der Waals surface area contributed by atoms with Gasteiger partial charge in [0.2, 0.25) is 6.10 Å². The van der Waals surface area contributed by atoms with Crippen LogP contribution in [0.15, 0.2) is 121 Å². The van der Waals surface area contributed by atoms with Gasteiger partial charge in [0.25, 0.3) is 0 Å². The first-order chi connectivity index (χ1) is 21.4. The van der Waals surface area contributed by atoms with Crippen LogP contribution in [0.25, 0.3) is 0 Å². The molecular weight excluding hydrogens is 568 g/mol. The van der Waals surface area contributed by atoms with Crippen LogP contribution in [0.5, 0.6) is 0 Å². The molecule has 1 saturated heterocycles. The molecule has 0 aliphatic carbocycles. The van der Waals surface area contributed by atoms with E-state index < -0.39 is 60.9 Å². The molecule has 0 aromatic heterocycles. The Balaban J connectivity index is 1.45. The van der Waals surface area contributed by atoms with Gasteiger partial charge in [0.15, 0.2) is 18.3 Å². The van der Waals surface area contributed by atoms with Gasteiger partial charge < -0.3 is 23.7 Å². The van der Waals surface area contributed by atoms with E-state index in [0.29, 0.717) is 0 Å². The summed E-state index contributed by atoms with van der Waals surface area (Å²) in [6.07, 6.45) is -6.27. The highest BCUT2D eigenvalue weighted by Crippen LogP contribution is 2.29. The molecule has 4 aromatic carbocycles. The second-order valence-corrected chi connectivity index (χ2v) is 9.60. The van der Waals surface area contributed by atoms with E-state index in [-0.39, 0.29) is 22.3 Å². The maximum Gasteiger partial charge on any atom is 0.352 e. The van der Waals surface area contributed by atoms with Gasteiger partial charge in [-0.2, -0.15) is 0 Å². The van der Waals surface area contributed by atoms with Crippen molar-refractivity contribution in [3.8, 4) is 0 Å². The molecule has 0 unspecified atom stereocenters. The van der Waals surface area contributed by atoms with Crippen molar-refractivity contribution in [3.63, 3.8) is 0 Å². The molecule has 5 rings (SSSR count). The van der Waals surface area contributed by atoms with Crippen molar-refractivity contribution in [2.75, 3.05) is 6.61 Å². The monoisotopic (exact) mass is 594 g/mol. The van der Waals surface area contributed by atoms with E-state index in [1.54, 1.807) is 72.8 Å². The molecule has 44 heavy (non-hydrogen) atoms. The topological polar surface area (TPSA) is 132 Å². The largest absolute Gasteiger partial charge is 0.458 e. The summed E-state index contributed by atoms with van der Waals surface area (Å²) >= 11 is 0. The van der Waals surface area contributed by atoms with E-state index in [4.69, 9.17) is 23.7 Å². The van der Waals surface area contributed by atoms with E-state index in [1.165, 1.54) is 48.5 Å². The highest BCUT2D eigenvalue weighted by Gasteiger charge is 2.54. The molecule has 0 saturated carbocycles. The third-order valence-corrected chi connectivity index (χ3v) is 6.63. The number of carbonyl (C=O) groups excluding carboxylic acids is 5. The zero-order chi connectivity index (χ0) is 30.9. The molecule has 222 valence electrons. The predicted molar refractivity (Wildman–Crippen MR) is 154 cm³/mol. The number of rotatable bonds is 10. The Labute approximate surface area is 252 Å². The summed E-state index contributed by atoms with van der Waals surface area (Å²) in [4.78, 5) is 65.1. The molecule has 10 heteroatoms. The van der Waals surface area contributed by atoms with Gasteiger partial charge >= 0.3 is 29.8 Å². The molecular formula is C34H26O10. The van der Waals surface area contributed by atoms with Crippen molar-refractivity contribution in [1.82, 2.24) is 0 Å². The summed E-state index contributed by atoms with van der Waals surface area (Å²) in [5.74, 6) is -4.32. The van der Waals surface area contributed by atoms with Gasteiger partial charge in [-0.15, -0.1) is 0 Å². The lowest BCUT2D eigenvalue weighted by Crippen LogP contribution is -2.47. The summed E-state index contributed by atoms with van der Waals surface area (Å²) in [7, 11) is 0. The van der Waals surface area contributed by atoms with Crippen LogP contribution in [0.2, 0.25) is 0 Å². The lowest BCUT2D eigenvalue weighted by atomic mass is 10.0. The maximum absolute atomic E-state index is 13.2. The highest BCUT2D eigenvalue weighted by atomic mass is 16.7. The number of hydrogen-bond donors (Lipinski definition) is 0. The minimum absolute atomic E-state index is 0.140. The van der Waals surface area contributed by atoms with E-state index in [1.807, 2.05) is 0 Å². The third-order valence-electron chi connectivity index (χ3n) is 6.63. The van der Waals surface area contributed by atoms with Crippen LogP contribution in [0.4, 0.5) is 0 Å². The Bertz CT molecular complexity index is 1610. The maximum atomic E-state index is 13.2. The fourth-order valence-corrected chi connectivity index (χ4v) is 4.42. The molecule has 1 fully saturated rings. The van der Waals surface area contributed by atoms with Crippen LogP contribution in [0.3, 0.4) is 0 Å². The molecule has 1 aliphatic heterocycles. The van der Waals surface area contributed by atoms with Crippen LogP contribution < -0.4 is 0 Å². The SMILES string of the molecule is O=C(OC[C@H](OC(=O)c1ccccc1)[C@@H]1OC(=O)[C@@H](OC(=O)c2ccccc2)[C@@H]1OC(=O)c1ccccc1)c1ccccc1. The Morgan fingerprint density at radius 1 is 0.568 bits per heavy atom. The molecule has 0 N–H and O–H groups in total. The van der Waals surface area contributed by atoms with Gasteiger partial charge in [-0.25, -0.2) is 24.0 Å². The Morgan fingerprint density at radius 2 is 0.977 bits per heavy atom. The van der Waals surface area contributed by atoms with Gasteiger partial charge in [-0.1, -0.05) is 72.8 Å². The Morgan fingerprint density at radius 3 is 1.45 bits per heavy atom. The molecule has 0 amide bonds. The number of ether oxygens (including phenoxy) is 5. The van der Waals surface area contributed by atoms with Gasteiger partial charge in [0.05, 0.1) is 22.3 Å². The number of cyclic esters (lactones) is 1. The number of benzene rings is 4.